The van der Waals surface area contributed by atoms with Gasteiger partial charge in [0, 0.05) is 12.5 Å². The van der Waals surface area contributed by atoms with E-state index < -0.39 is 0 Å². The summed E-state index contributed by atoms with van der Waals surface area (Å²) in [5, 5.41) is 0. The molecule has 20 heavy (non-hydrogen) atoms. The first kappa shape index (κ1) is 15.2. The van der Waals surface area contributed by atoms with Crippen LogP contribution in [-0.4, -0.2) is 9.36 Å². The van der Waals surface area contributed by atoms with E-state index in [0.717, 1.165) is 31.5 Å². The summed E-state index contributed by atoms with van der Waals surface area (Å²) < 4.78 is 4.16. The van der Waals surface area contributed by atoms with E-state index in [1.54, 1.807) is 0 Å². The minimum Gasteiger partial charge on any atom is -0.393 e. The average Bonchev–Trinajstić information content (AvgIpc) is 3.03. The molecule has 2 rings (SSSR count). The van der Waals surface area contributed by atoms with E-state index in [4.69, 9.17) is 5.73 Å². The van der Waals surface area contributed by atoms with Crippen LogP contribution >= 0.6 is 0 Å². The summed E-state index contributed by atoms with van der Waals surface area (Å²) in [4.78, 5) is 12.6. The van der Waals surface area contributed by atoms with E-state index in [1.807, 2.05) is 4.68 Å². The maximum atomic E-state index is 12.6. The van der Waals surface area contributed by atoms with Crippen molar-refractivity contribution in [3.8, 4) is 0 Å². The average molecular weight is 279 g/mol. The third-order valence-corrected chi connectivity index (χ3v) is 4.72. The fourth-order valence-corrected chi connectivity index (χ4v) is 3.67. The summed E-state index contributed by atoms with van der Waals surface area (Å²) in [7, 11) is 0. The van der Waals surface area contributed by atoms with Gasteiger partial charge < -0.3 is 5.73 Å². The maximum absolute atomic E-state index is 12.6. The van der Waals surface area contributed by atoms with Gasteiger partial charge in [0.2, 0.25) is 0 Å². The second-order valence-electron chi connectivity index (χ2n) is 6.02. The molecule has 0 aliphatic heterocycles. The second-order valence-corrected chi connectivity index (χ2v) is 6.02. The summed E-state index contributed by atoms with van der Waals surface area (Å²) in [6.45, 7) is 7.36. The Kier molecular flexibility index (Phi) is 4.95. The van der Waals surface area contributed by atoms with Gasteiger partial charge >= 0.3 is 0 Å². The van der Waals surface area contributed by atoms with Gasteiger partial charge in [0.05, 0.1) is 11.7 Å². The monoisotopic (exact) mass is 279 g/mol. The van der Waals surface area contributed by atoms with E-state index in [1.165, 1.54) is 25.7 Å². The zero-order valence-electron chi connectivity index (χ0n) is 13.2. The van der Waals surface area contributed by atoms with Crippen molar-refractivity contribution in [1.82, 2.24) is 9.36 Å². The van der Waals surface area contributed by atoms with Gasteiger partial charge in [0.15, 0.2) is 0 Å². The zero-order valence-corrected chi connectivity index (χ0v) is 13.2. The third-order valence-electron chi connectivity index (χ3n) is 4.72. The van der Waals surface area contributed by atoms with E-state index in [-0.39, 0.29) is 11.6 Å². The van der Waals surface area contributed by atoms with Crippen LogP contribution in [0.3, 0.4) is 0 Å². The van der Waals surface area contributed by atoms with Gasteiger partial charge in [-0.25, -0.2) is 4.68 Å². The predicted molar refractivity (Wildman–Crippen MR) is 84.2 cm³/mol. The Morgan fingerprint density at radius 2 is 1.80 bits per heavy atom. The standard InChI is InChI=1S/C16H29N3O/c1-4-11-18-15(12-9-7-8-10-12)14(17)16(20)19(18)13(5-2)6-3/h12-13H,4-11,17H2,1-3H3. The number of nitrogen functional groups attached to an aromatic ring is 1. The van der Waals surface area contributed by atoms with Crippen molar-refractivity contribution in [2.24, 2.45) is 0 Å². The van der Waals surface area contributed by atoms with Crippen molar-refractivity contribution in [2.75, 3.05) is 5.73 Å². The van der Waals surface area contributed by atoms with Crippen molar-refractivity contribution in [1.29, 1.82) is 0 Å². The fraction of sp³-hybridized carbons (Fsp3) is 0.812. The van der Waals surface area contributed by atoms with Crippen LogP contribution in [0.5, 0.6) is 0 Å². The first-order valence-corrected chi connectivity index (χ1v) is 8.26. The minimum atomic E-state index is 0.0362. The molecule has 4 heteroatoms. The Morgan fingerprint density at radius 3 is 2.30 bits per heavy atom. The number of nitrogens with zero attached hydrogens (tertiary/aromatic N) is 2. The van der Waals surface area contributed by atoms with Crippen LogP contribution in [0.15, 0.2) is 4.79 Å². The molecular weight excluding hydrogens is 250 g/mol. The molecule has 1 heterocycles. The summed E-state index contributed by atoms with van der Waals surface area (Å²) in [5.74, 6) is 0.491. The molecule has 0 spiro atoms. The number of hydrogen-bond acceptors (Lipinski definition) is 2. The molecule has 0 aromatic carbocycles. The van der Waals surface area contributed by atoms with Crippen LogP contribution in [0, 0.1) is 0 Å². The predicted octanol–water partition coefficient (Wildman–Crippen LogP) is 3.66. The van der Waals surface area contributed by atoms with Crippen molar-refractivity contribution < 1.29 is 0 Å². The lowest BCUT2D eigenvalue weighted by molar-refractivity contribution is 0.330. The summed E-state index contributed by atoms with van der Waals surface area (Å²) in [5.41, 5.74) is 7.88. The molecule has 114 valence electrons. The quantitative estimate of drug-likeness (QED) is 0.864. The van der Waals surface area contributed by atoms with E-state index in [0.29, 0.717) is 11.6 Å². The molecule has 1 saturated carbocycles. The Bertz CT molecular complexity index is 491. The van der Waals surface area contributed by atoms with E-state index in [2.05, 4.69) is 25.5 Å². The first-order chi connectivity index (χ1) is 9.65. The maximum Gasteiger partial charge on any atom is 0.290 e. The molecule has 1 aromatic rings. The summed E-state index contributed by atoms with van der Waals surface area (Å²) >= 11 is 0. The topological polar surface area (TPSA) is 52.9 Å². The van der Waals surface area contributed by atoms with E-state index >= 15 is 0 Å². The third kappa shape index (κ3) is 2.52. The Labute approximate surface area is 121 Å². The molecule has 1 aliphatic carbocycles. The highest BCUT2D eigenvalue weighted by molar-refractivity contribution is 5.44. The molecule has 0 unspecified atom stereocenters. The minimum absolute atomic E-state index is 0.0362. The highest BCUT2D eigenvalue weighted by Crippen LogP contribution is 2.37. The molecule has 0 atom stereocenters. The van der Waals surface area contributed by atoms with Crippen molar-refractivity contribution >= 4 is 5.69 Å². The lowest BCUT2D eigenvalue weighted by Crippen LogP contribution is -2.28. The highest BCUT2D eigenvalue weighted by atomic mass is 16.1. The number of aromatic nitrogens is 2. The van der Waals surface area contributed by atoms with Crippen LogP contribution < -0.4 is 11.3 Å². The molecule has 2 N–H and O–H groups in total. The molecule has 1 fully saturated rings. The van der Waals surface area contributed by atoms with Gasteiger partial charge in [-0.1, -0.05) is 33.6 Å². The molecule has 4 nitrogen and oxygen atoms in total. The van der Waals surface area contributed by atoms with Gasteiger partial charge in [-0.2, -0.15) is 0 Å². The normalized spacial score (nSPS) is 16.4. The van der Waals surface area contributed by atoms with Gasteiger partial charge in [-0.15, -0.1) is 0 Å². The zero-order chi connectivity index (χ0) is 14.7. The Morgan fingerprint density at radius 1 is 1.20 bits per heavy atom. The Balaban J connectivity index is 2.55. The summed E-state index contributed by atoms with van der Waals surface area (Å²) in [6.07, 6.45) is 7.89. The van der Waals surface area contributed by atoms with Gasteiger partial charge in [0.25, 0.3) is 5.56 Å². The van der Waals surface area contributed by atoms with Crippen LogP contribution in [0.25, 0.3) is 0 Å². The Hall–Kier alpha value is -1.19. The number of nitrogens with two attached hydrogens (primary N) is 1. The van der Waals surface area contributed by atoms with Crippen molar-refractivity contribution in [3.63, 3.8) is 0 Å². The number of rotatable bonds is 6. The van der Waals surface area contributed by atoms with Gasteiger partial charge in [0.1, 0.15) is 5.69 Å². The fourth-order valence-electron chi connectivity index (χ4n) is 3.67. The van der Waals surface area contributed by atoms with Crippen molar-refractivity contribution in [2.45, 2.75) is 84.2 Å². The number of hydrogen-bond donors (Lipinski definition) is 1. The van der Waals surface area contributed by atoms with E-state index in [9.17, 15) is 4.79 Å². The lowest BCUT2D eigenvalue weighted by Gasteiger charge is -2.22. The van der Waals surface area contributed by atoms with Gasteiger partial charge in [-0.05, 0) is 32.1 Å². The second kappa shape index (κ2) is 6.51. The van der Waals surface area contributed by atoms with Crippen molar-refractivity contribution in [3.05, 3.63) is 16.0 Å². The molecule has 1 aromatic heterocycles. The van der Waals surface area contributed by atoms with Crippen LogP contribution in [0.1, 0.15) is 83.4 Å². The SMILES string of the molecule is CCCn1c(C2CCCC2)c(N)c(=O)n1C(CC)CC. The first-order valence-electron chi connectivity index (χ1n) is 8.26. The van der Waals surface area contributed by atoms with Gasteiger partial charge in [-0.3, -0.25) is 9.48 Å². The largest absolute Gasteiger partial charge is 0.393 e. The molecule has 0 bridgehead atoms. The molecule has 0 saturated heterocycles. The number of anilines is 1. The summed E-state index contributed by atoms with van der Waals surface area (Å²) in [6, 6.07) is 0.270. The van der Waals surface area contributed by atoms with Crippen LogP contribution in [0.2, 0.25) is 0 Å². The highest BCUT2D eigenvalue weighted by Gasteiger charge is 2.28. The smallest absolute Gasteiger partial charge is 0.290 e. The van der Waals surface area contributed by atoms with Crippen LogP contribution in [-0.2, 0) is 6.54 Å². The molecule has 0 radical (unpaired) electrons. The molecular formula is C16H29N3O. The van der Waals surface area contributed by atoms with Crippen LogP contribution in [0.4, 0.5) is 5.69 Å². The lowest BCUT2D eigenvalue weighted by atomic mass is 10.0. The molecule has 1 aliphatic rings. The molecule has 0 amide bonds.